The largest absolute Gasteiger partial charge is 0.508 e. The van der Waals surface area contributed by atoms with E-state index >= 15 is 0 Å². The summed E-state index contributed by atoms with van der Waals surface area (Å²) in [6.45, 7) is 3.28. The van der Waals surface area contributed by atoms with Crippen LogP contribution in [0.15, 0.2) is 42.5 Å². The van der Waals surface area contributed by atoms with Gasteiger partial charge in [-0.3, -0.25) is 0 Å². The van der Waals surface area contributed by atoms with Crippen molar-refractivity contribution in [2.75, 3.05) is 17.2 Å². The maximum atomic E-state index is 12.9. The van der Waals surface area contributed by atoms with Crippen LogP contribution in [-0.4, -0.2) is 11.7 Å². The lowest BCUT2D eigenvalue weighted by molar-refractivity contribution is 0.467. The fourth-order valence-electron chi connectivity index (χ4n) is 1.98. The monoisotopic (exact) mass is 260 g/mol. The van der Waals surface area contributed by atoms with Crippen LogP contribution in [0.1, 0.15) is 12.5 Å². The van der Waals surface area contributed by atoms with Crippen LogP contribution >= 0.6 is 0 Å². The third-order valence-electron chi connectivity index (χ3n) is 3.04. The molecule has 2 aromatic rings. The highest BCUT2D eigenvalue weighted by molar-refractivity contribution is 5.51. The van der Waals surface area contributed by atoms with E-state index in [2.05, 4.69) is 0 Å². The Bertz CT molecular complexity index is 555. The zero-order valence-corrected chi connectivity index (χ0v) is 10.8. The topological polar surface area (TPSA) is 49.5 Å². The molecule has 0 radical (unpaired) electrons. The van der Waals surface area contributed by atoms with Crippen molar-refractivity contribution in [1.29, 1.82) is 0 Å². The van der Waals surface area contributed by atoms with Crippen LogP contribution in [-0.2, 0) is 6.54 Å². The van der Waals surface area contributed by atoms with Gasteiger partial charge in [0.05, 0.1) is 0 Å². The van der Waals surface area contributed by atoms with Gasteiger partial charge in [-0.05, 0) is 49.4 Å². The molecule has 0 fully saturated rings. The Hall–Kier alpha value is -2.23. The van der Waals surface area contributed by atoms with E-state index in [0.717, 1.165) is 17.8 Å². The van der Waals surface area contributed by atoms with Crippen molar-refractivity contribution >= 4 is 11.4 Å². The van der Waals surface area contributed by atoms with Crippen LogP contribution < -0.4 is 10.6 Å². The predicted molar refractivity (Wildman–Crippen MR) is 75.6 cm³/mol. The lowest BCUT2D eigenvalue weighted by atomic mass is 10.1. The lowest BCUT2D eigenvalue weighted by Gasteiger charge is -2.23. The molecule has 0 saturated heterocycles. The summed E-state index contributed by atoms with van der Waals surface area (Å²) in [7, 11) is 0. The van der Waals surface area contributed by atoms with Gasteiger partial charge in [-0.15, -0.1) is 0 Å². The molecule has 2 rings (SSSR count). The molecule has 0 aliphatic carbocycles. The summed E-state index contributed by atoms with van der Waals surface area (Å²) in [5, 5.41) is 9.83. The van der Waals surface area contributed by atoms with Crippen molar-refractivity contribution in [3.63, 3.8) is 0 Å². The number of nitrogen functional groups attached to an aromatic ring is 1. The second kappa shape index (κ2) is 5.61. The number of rotatable bonds is 4. The summed E-state index contributed by atoms with van der Waals surface area (Å²) in [6, 6.07) is 11.3. The van der Waals surface area contributed by atoms with Crippen LogP contribution in [0, 0.1) is 5.82 Å². The van der Waals surface area contributed by atoms with E-state index < -0.39 is 0 Å². The number of anilines is 2. The van der Waals surface area contributed by atoms with Crippen molar-refractivity contribution in [2.24, 2.45) is 0 Å². The van der Waals surface area contributed by atoms with Gasteiger partial charge >= 0.3 is 0 Å². The standard InChI is InChI=1S/C15H17FN2O/c1-2-18(14-6-3-12(16)4-7-14)10-11-9-13(17)5-8-15(11)19/h3-9,19H,2,10,17H2,1H3. The number of phenolic OH excluding ortho intramolecular Hbond substituents is 1. The molecule has 0 atom stereocenters. The first-order valence-electron chi connectivity index (χ1n) is 6.18. The minimum absolute atomic E-state index is 0.217. The molecule has 0 amide bonds. The molecule has 2 aromatic carbocycles. The highest BCUT2D eigenvalue weighted by Crippen LogP contribution is 2.24. The summed E-state index contributed by atoms with van der Waals surface area (Å²) >= 11 is 0. The number of hydrogen-bond donors (Lipinski definition) is 2. The van der Waals surface area contributed by atoms with Gasteiger partial charge in [-0.2, -0.15) is 0 Å². The van der Waals surface area contributed by atoms with E-state index in [-0.39, 0.29) is 11.6 Å². The first-order chi connectivity index (χ1) is 9.10. The molecule has 0 aliphatic heterocycles. The average Bonchev–Trinajstić information content (AvgIpc) is 2.41. The number of halogens is 1. The summed E-state index contributed by atoms with van der Waals surface area (Å²) < 4.78 is 12.9. The van der Waals surface area contributed by atoms with Gasteiger partial charge in [-0.25, -0.2) is 4.39 Å². The molecule has 0 heterocycles. The fraction of sp³-hybridized carbons (Fsp3) is 0.200. The Morgan fingerprint density at radius 3 is 2.47 bits per heavy atom. The van der Waals surface area contributed by atoms with Gasteiger partial charge in [-0.1, -0.05) is 0 Å². The van der Waals surface area contributed by atoms with Gasteiger partial charge in [0.25, 0.3) is 0 Å². The second-order valence-corrected chi connectivity index (χ2v) is 4.38. The Morgan fingerprint density at radius 1 is 1.16 bits per heavy atom. The SMILES string of the molecule is CCN(Cc1cc(N)ccc1O)c1ccc(F)cc1. The number of phenols is 1. The number of benzene rings is 2. The summed E-state index contributed by atoms with van der Waals surface area (Å²) in [4.78, 5) is 2.04. The van der Waals surface area contributed by atoms with Gasteiger partial charge in [0, 0.05) is 30.0 Å². The second-order valence-electron chi connectivity index (χ2n) is 4.38. The molecule has 0 spiro atoms. The molecule has 4 heteroatoms. The molecule has 3 N–H and O–H groups in total. The third-order valence-corrected chi connectivity index (χ3v) is 3.04. The van der Waals surface area contributed by atoms with E-state index in [4.69, 9.17) is 5.73 Å². The van der Waals surface area contributed by atoms with Crippen molar-refractivity contribution in [2.45, 2.75) is 13.5 Å². The van der Waals surface area contributed by atoms with E-state index in [1.165, 1.54) is 12.1 Å². The van der Waals surface area contributed by atoms with Crippen molar-refractivity contribution in [3.05, 3.63) is 53.8 Å². The minimum Gasteiger partial charge on any atom is -0.508 e. The summed E-state index contributed by atoms with van der Waals surface area (Å²) in [5.41, 5.74) is 8.00. The van der Waals surface area contributed by atoms with E-state index in [1.807, 2.05) is 11.8 Å². The summed E-state index contributed by atoms with van der Waals surface area (Å²) in [6.07, 6.45) is 0. The minimum atomic E-state index is -0.258. The van der Waals surface area contributed by atoms with Crippen molar-refractivity contribution < 1.29 is 9.50 Å². The molecule has 19 heavy (non-hydrogen) atoms. The smallest absolute Gasteiger partial charge is 0.123 e. The number of hydrogen-bond acceptors (Lipinski definition) is 3. The van der Waals surface area contributed by atoms with Gasteiger partial charge < -0.3 is 15.7 Å². The Kier molecular flexibility index (Phi) is 3.90. The van der Waals surface area contributed by atoms with E-state index in [1.54, 1.807) is 30.3 Å². The van der Waals surface area contributed by atoms with Crippen LogP contribution in [0.2, 0.25) is 0 Å². The lowest BCUT2D eigenvalue weighted by Crippen LogP contribution is -2.22. The molecular weight excluding hydrogens is 243 g/mol. The van der Waals surface area contributed by atoms with Crippen LogP contribution in [0.25, 0.3) is 0 Å². The molecular formula is C15H17FN2O. The zero-order chi connectivity index (χ0) is 13.8. The van der Waals surface area contributed by atoms with Crippen LogP contribution in [0.3, 0.4) is 0 Å². The third kappa shape index (κ3) is 3.16. The Balaban J connectivity index is 2.23. The fourth-order valence-corrected chi connectivity index (χ4v) is 1.98. The highest BCUT2D eigenvalue weighted by atomic mass is 19.1. The number of aromatic hydroxyl groups is 1. The van der Waals surface area contributed by atoms with Gasteiger partial charge in [0.2, 0.25) is 0 Å². The number of nitrogens with two attached hydrogens (primary N) is 1. The van der Waals surface area contributed by atoms with Gasteiger partial charge in [0.1, 0.15) is 11.6 Å². The average molecular weight is 260 g/mol. The highest BCUT2D eigenvalue weighted by Gasteiger charge is 2.09. The molecule has 0 bridgehead atoms. The van der Waals surface area contributed by atoms with E-state index in [9.17, 15) is 9.50 Å². The molecule has 100 valence electrons. The summed E-state index contributed by atoms with van der Waals surface area (Å²) in [5.74, 6) is -0.0404. The molecule has 0 saturated carbocycles. The van der Waals surface area contributed by atoms with E-state index in [0.29, 0.717) is 12.2 Å². The maximum Gasteiger partial charge on any atom is 0.123 e. The molecule has 0 unspecified atom stereocenters. The normalized spacial score (nSPS) is 10.4. The Labute approximate surface area is 112 Å². The number of nitrogens with zero attached hydrogens (tertiary/aromatic N) is 1. The first-order valence-corrected chi connectivity index (χ1v) is 6.18. The Morgan fingerprint density at radius 2 is 1.84 bits per heavy atom. The van der Waals surface area contributed by atoms with Crippen LogP contribution in [0.5, 0.6) is 5.75 Å². The van der Waals surface area contributed by atoms with Crippen LogP contribution in [0.4, 0.5) is 15.8 Å². The quantitative estimate of drug-likeness (QED) is 0.656. The first kappa shape index (κ1) is 13.2. The zero-order valence-electron chi connectivity index (χ0n) is 10.8. The van der Waals surface area contributed by atoms with Crippen molar-refractivity contribution in [3.8, 4) is 5.75 Å². The van der Waals surface area contributed by atoms with Gasteiger partial charge in [0.15, 0.2) is 0 Å². The molecule has 3 nitrogen and oxygen atoms in total. The maximum absolute atomic E-state index is 12.9. The van der Waals surface area contributed by atoms with Crippen molar-refractivity contribution in [1.82, 2.24) is 0 Å². The molecule has 0 aliphatic rings. The predicted octanol–water partition coefficient (Wildman–Crippen LogP) is 3.14. The molecule has 0 aromatic heterocycles.